The zero-order chi connectivity index (χ0) is 21.6. The van der Waals surface area contributed by atoms with Crippen LogP contribution in [0, 0.1) is 0 Å². The molecule has 0 spiro atoms. The molecule has 0 bridgehead atoms. The molecule has 0 aliphatic carbocycles. The molecule has 0 radical (unpaired) electrons. The van der Waals surface area contributed by atoms with Gasteiger partial charge in [-0.25, -0.2) is 0 Å². The number of amides is 2. The molecule has 2 aromatic carbocycles. The van der Waals surface area contributed by atoms with Crippen LogP contribution in [0.25, 0.3) is 0 Å². The fourth-order valence-electron chi connectivity index (χ4n) is 2.34. The van der Waals surface area contributed by atoms with E-state index in [4.69, 9.17) is 35.9 Å². The van der Waals surface area contributed by atoms with Crippen molar-refractivity contribution in [3.63, 3.8) is 0 Å². The van der Waals surface area contributed by atoms with Gasteiger partial charge in [0.2, 0.25) is 11.8 Å². The van der Waals surface area contributed by atoms with Crippen LogP contribution >= 0.6 is 24.4 Å². The van der Waals surface area contributed by atoms with E-state index in [1.165, 1.54) is 10.0 Å². The Labute approximate surface area is 179 Å². The minimum atomic E-state index is -0.519. The Balaban J connectivity index is 1.85. The van der Waals surface area contributed by atoms with E-state index in [0.29, 0.717) is 21.4 Å². The quantitative estimate of drug-likeness (QED) is 0.248. The summed E-state index contributed by atoms with van der Waals surface area (Å²) in [5.74, 6) is -1.04. The van der Waals surface area contributed by atoms with Crippen molar-refractivity contribution in [2.24, 2.45) is 0 Å². The molecule has 0 saturated heterocycles. The van der Waals surface area contributed by atoms with Crippen LogP contribution in [0.2, 0.25) is 0 Å². The van der Waals surface area contributed by atoms with Gasteiger partial charge >= 0.3 is 0 Å². The number of thiocarbonyl (C=S) groups is 2. The minimum Gasteiger partial charge on any atom is -0.399 e. The van der Waals surface area contributed by atoms with Crippen molar-refractivity contribution >= 4 is 57.6 Å². The topological polar surface area (TPSA) is 117 Å². The maximum atomic E-state index is 12.2. The van der Waals surface area contributed by atoms with Gasteiger partial charge in [-0.2, -0.15) is 0 Å². The lowest BCUT2D eigenvalue weighted by atomic mass is 10.2. The molecule has 2 aromatic rings. The minimum absolute atomic E-state index is 0.389. The van der Waals surface area contributed by atoms with Crippen LogP contribution in [0.5, 0.6) is 0 Å². The smallest absolute Gasteiger partial charge is 0.248 e. The van der Waals surface area contributed by atoms with Gasteiger partial charge in [0.1, 0.15) is 16.4 Å². The van der Waals surface area contributed by atoms with Crippen LogP contribution in [0.4, 0.5) is 11.4 Å². The summed E-state index contributed by atoms with van der Waals surface area (Å²) in [4.78, 5) is 25.1. The van der Waals surface area contributed by atoms with Crippen molar-refractivity contribution in [3.8, 4) is 0 Å². The summed E-state index contributed by atoms with van der Waals surface area (Å²) < 4.78 is 0. The second kappa shape index (κ2) is 9.80. The number of rotatable bonds is 4. The highest BCUT2D eigenvalue weighted by Crippen LogP contribution is 2.09. The predicted molar refractivity (Wildman–Crippen MR) is 122 cm³/mol. The number of benzene rings is 2. The lowest BCUT2D eigenvalue weighted by molar-refractivity contribution is -0.132. The van der Waals surface area contributed by atoms with Crippen molar-refractivity contribution in [1.82, 2.24) is 20.9 Å². The molecule has 0 saturated carbocycles. The van der Waals surface area contributed by atoms with Gasteiger partial charge in [0.15, 0.2) is 0 Å². The van der Waals surface area contributed by atoms with E-state index in [9.17, 15) is 9.59 Å². The second-order valence-corrected chi connectivity index (χ2v) is 6.99. The molecule has 0 fully saturated rings. The molecule has 0 heterocycles. The summed E-state index contributed by atoms with van der Waals surface area (Å²) >= 11 is 10.6. The standard InChI is InChI=1S/C19H22N6O2S2/c1-24(18(28)12-3-7-14(20)8-4-12)22-16(26)11-17(27)23-25(2)19(29)13-5-9-15(21)10-6-13/h3-10H,11,20-21H2,1-2H3,(H,22,26)(H,23,27). The summed E-state index contributed by atoms with van der Waals surface area (Å²) in [7, 11) is 3.19. The van der Waals surface area contributed by atoms with Gasteiger partial charge in [0.25, 0.3) is 0 Å². The molecule has 6 N–H and O–H groups in total. The molecule has 152 valence electrons. The third-order valence-corrected chi connectivity index (χ3v) is 4.85. The molecule has 0 aromatic heterocycles. The number of nitrogens with zero attached hydrogens (tertiary/aromatic N) is 2. The van der Waals surface area contributed by atoms with Gasteiger partial charge in [-0.05, 0) is 48.5 Å². The summed E-state index contributed by atoms with van der Waals surface area (Å²) in [5, 5.41) is 2.75. The number of carbonyl (C=O) groups is 2. The Bertz CT molecular complexity index is 840. The van der Waals surface area contributed by atoms with Crippen molar-refractivity contribution in [2.75, 3.05) is 25.6 Å². The van der Waals surface area contributed by atoms with Gasteiger partial charge < -0.3 is 11.5 Å². The predicted octanol–water partition coefficient (Wildman–Crippen LogP) is 1.22. The van der Waals surface area contributed by atoms with E-state index in [1.807, 2.05) is 0 Å². The normalized spacial score (nSPS) is 10.0. The largest absolute Gasteiger partial charge is 0.399 e. The Morgan fingerprint density at radius 2 is 1.07 bits per heavy atom. The van der Waals surface area contributed by atoms with Crippen LogP contribution in [0.3, 0.4) is 0 Å². The number of nitrogens with two attached hydrogens (primary N) is 2. The van der Waals surface area contributed by atoms with Gasteiger partial charge in [-0.3, -0.25) is 30.5 Å². The SMILES string of the molecule is CN(NC(=O)CC(=O)NN(C)C(=S)c1ccc(N)cc1)C(=S)c1ccc(N)cc1. The Kier molecular flexibility index (Phi) is 7.46. The Morgan fingerprint density at radius 3 is 1.38 bits per heavy atom. The van der Waals surface area contributed by atoms with Crippen molar-refractivity contribution in [2.45, 2.75) is 6.42 Å². The van der Waals surface area contributed by atoms with Crippen LogP contribution in [-0.2, 0) is 9.59 Å². The Hall–Kier alpha value is -3.24. The van der Waals surface area contributed by atoms with Gasteiger partial charge in [0.05, 0.1) is 0 Å². The molecule has 29 heavy (non-hydrogen) atoms. The maximum absolute atomic E-state index is 12.2. The average molecular weight is 431 g/mol. The van der Waals surface area contributed by atoms with Gasteiger partial charge in [-0.15, -0.1) is 0 Å². The highest BCUT2D eigenvalue weighted by molar-refractivity contribution is 7.80. The lowest BCUT2D eigenvalue weighted by Gasteiger charge is -2.23. The van der Waals surface area contributed by atoms with E-state index < -0.39 is 18.2 Å². The number of hydrazine groups is 2. The number of anilines is 2. The fourth-order valence-corrected chi connectivity index (χ4v) is 2.70. The number of carbonyl (C=O) groups excluding carboxylic acids is 2. The number of nitrogens with one attached hydrogen (secondary N) is 2. The number of hydrogen-bond donors (Lipinski definition) is 4. The van der Waals surface area contributed by atoms with Crippen LogP contribution in [0.15, 0.2) is 48.5 Å². The molecule has 10 heteroatoms. The fraction of sp³-hybridized carbons (Fsp3) is 0.158. The first kappa shape index (κ1) is 22.1. The zero-order valence-corrected chi connectivity index (χ0v) is 17.6. The molecule has 8 nitrogen and oxygen atoms in total. The number of nitrogen functional groups attached to an aromatic ring is 2. The highest BCUT2D eigenvalue weighted by atomic mass is 32.1. The second-order valence-electron chi connectivity index (χ2n) is 6.22. The third kappa shape index (κ3) is 6.40. The molecule has 2 rings (SSSR count). The molecule has 0 aliphatic heterocycles. The molecule has 2 amide bonds. The van der Waals surface area contributed by atoms with E-state index in [-0.39, 0.29) is 0 Å². The highest BCUT2D eigenvalue weighted by Gasteiger charge is 2.16. The molecule has 0 unspecified atom stereocenters. The van der Waals surface area contributed by atoms with Gasteiger partial charge in [-0.1, -0.05) is 24.4 Å². The monoisotopic (exact) mass is 430 g/mol. The maximum Gasteiger partial charge on any atom is 0.248 e. The summed E-state index contributed by atoms with van der Waals surface area (Å²) in [6, 6.07) is 13.9. The van der Waals surface area contributed by atoms with Crippen molar-refractivity contribution in [3.05, 3.63) is 59.7 Å². The van der Waals surface area contributed by atoms with Crippen molar-refractivity contribution < 1.29 is 9.59 Å². The van der Waals surface area contributed by atoms with Crippen molar-refractivity contribution in [1.29, 1.82) is 0 Å². The summed E-state index contributed by atoms with van der Waals surface area (Å²) in [6.45, 7) is 0. The van der Waals surface area contributed by atoms with E-state index >= 15 is 0 Å². The first-order valence-corrected chi connectivity index (χ1v) is 9.35. The molecule has 0 aliphatic rings. The average Bonchev–Trinajstić information content (AvgIpc) is 2.67. The first-order valence-electron chi connectivity index (χ1n) is 8.53. The summed E-state index contributed by atoms with van der Waals surface area (Å²) in [6.07, 6.45) is -0.399. The molecular weight excluding hydrogens is 408 g/mol. The van der Waals surface area contributed by atoms with Crippen LogP contribution in [-0.4, -0.2) is 45.9 Å². The molecular formula is C19H22N6O2S2. The number of hydrogen-bond acceptors (Lipinski definition) is 6. The first-order chi connectivity index (χ1) is 13.7. The zero-order valence-electron chi connectivity index (χ0n) is 16.0. The summed E-state index contributed by atoms with van der Waals surface area (Å²) in [5.41, 5.74) is 19.1. The lowest BCUT2D eigenvalue weighted by Crippen LogP contribution is -2.47. The van der Waals surface area contributed by atoms with Crippen LogP contribution in [0.1, 0.15) is 17.5 Å². The van der Waals surface area contributed by atoms with Gasteiger partial charge in [0, 0.05) is 36.6 Å². The van der Waals surface area contributed by atoms with E-state index in [1.54, 1.807) is 62.6 Å². The van der Waals surface area contributed by atoms with E-state index in [0.717, 1.165) is 11.1 Å². The molecule has 0 atom stereocenters. The third-order valence-electron chi connectivity index (χ3n) is 3.83. The van der Waals surface area contributed by atoms with Crippen LogP contribution < -0.4 is 22.3 Å². The Morgan fingerprint density at radius 1 is 0.759 bits per heavy atom. The van der Waals surface area contributed by atoms with E-state index in [2.05, 4.69) is 10.9 Å².